The van der Waals surface area contributed by atoms with Gasteiger partial charge in [0.05, 0.1) is 11.8 Å². The van der Waals surface area contributed by atoms with Gasteiger partial charge in [-0.3, -0.25) is 9.78 Å². The van der Waals surface area contributed by atoms with Gasteiger partial charge in [-0.05, 0) is 13.1 Å². The van der Waals surface area contributed by atoms with E-state index in [-0.39, 0.29) is 17.2 Å². The summed E-state index contributed by atoms with van der Waals surface area (Å²) in [4.78, 5) is 15.1. The van der Waals surface area contributed by atoms with Gasteiger partial charge >= 0.3 is 0 Å². The second-order valence-corrected chi connectivity index (χ2v) is 2.75. The van der Waals surface area contributed by atoms with E-state index >= 15 is 0 Å². The van der Waals surface area contributed by atoms with Crippen LogP contribution in [0.15, 0.2) is 18.5 Å². The minimum absolute atomic E-state index is 0.102. The molecule has 3 N–H and O–H groups in total. The van der Waals surface area contributed by atoms with Crippen molar-refractivity contribution < 1.29 is 9.90 Å². The molecular formula is C9H13N3O2. The SMILES string of the molecule is CNCCNC(=O)c1ccncc1O. The number of amides is 1. The lowest BCUT2D eigenvalue weighted by Gasteiger charge is -2.05. The Hall–Kier alpha value is -1.62. The van der Waals surface area contributed by atoms with Gasteiger partial charge in [0.25, 0.3) is 5.91 Å². The first kappa shape index (κ1) is 10.5. The van der Waals surface area contributed by atoms with E-state index in [1.807, 2.05) is 0 Å². The number of hydrogen-bond donors (Lipinski definition) is 3. The molecule has 76 valence electrons. The average Bonchev–Trinajstić information content (AvgIpc) is 2.18. The Morgan fingerprint density at radius 1 is 1.57 bits per heavy atom. The van der Waals surface area contributed by atoms with E-state index in [4.69, 9.17) is 0 Å². The molecule has 5 nitrogen and oxygen atoms in total. The summed E-state index contributed by atoms with van der Waals surface area (Å²) in [5.41, 5.74) is 0.246. The van der Waals surface area contributed by atoms with Crippen LogP contribution in [0.3, 0.4) is 0 Å². The van der Waals surface area contributed by atoms with Crippen molar-refractivity contribution in [2.24, 2.45) is 0 Å². The standard InChI is InChI=1S/C9H13N3O2/c1-10-4-5-12-9(14)7-2-3-11-6-8(7)13/h2-3,6,10,13H,4-5H2,1H3,(H,12,14). The van der Waals surface area contributed by atoms with Gasteiger partial charge in [-0.15, -0.1) is 0 Å². The number of carbonyl (C=O) groups excluding carboxylic acids is 1. The third kappa shape index (κ3) is 2.70. The van der Waals surface area contributed by atoms with Crippen LogP contribution in [0.25, 0.3) is 0 Å². The van der Waals surface area contributed by atoms with E-state index in [1.165, 1.54) is 18.5 Å². The molecule has 1 heterocycles. The molecule has 0 radical (unpaired) electrons. The molecule has 5 heteroatoms. The highest BCUT2D eigenvalue weighted by atomic mass is 16.3. The summed E-state index contributed by atoms with van der Waals surface area (Å²) < 4.78 is 0. The van der Waals surface area contributed by atoms with E-state index in [9.17, 15) is 9.90 Å². The number of carbonyl (C=O) groups is 1. The van der Waals surface area contributed by atoms with Crippen molar-refractivity contribution in [3.05, 3.63) is 24.0 Å². The molecule has 0 unspecified atom stereocenters. The maximum absolute atomic E-state index is 11.4. The Morgan fingerprint density at radius 2 is 2.36 bits per heavy atom. The molecule has 0 fully saturated rings. The quantitative estimate of drug-likeness (QED) is 0.578. The summed E-state index contributed by atoms with van der Waals surface area (Å²) in [6.45, 7) is 1.22. The number of aromatic nitrogens is 1. The van der Waals surface area contributed by atoms with Gasteiger partial charge in [-0.2, -0.15) is 0 Å². The van der Waals surface area contributed by atoms with Gasteiger partial charge in [0.2, 0.25) is 0 Å². The van der Waals surface area contributed by atoms with Crippen LogP contribution < -0.4 is 10.6 Å². The molecule has 0 saturated heterocycles. The Labute approximate surface area is 82.2 Å². The summed E-state index contributed by atoms with van der Waals surface area (Å²) >= 11 is 0. The smallest absolute Gasteiger partial charge is 0.255 e. The summed E-state index contributed by atoms with van der Waals surface area (Å²) in [6.07, 6.45) is 2.71. The Balaban J connectivity index is 2.56. The zero-order valence-corrected chi connectivity index (χ0v) is 7.95. The van der Waals surface area contributed by atoms with Crippen molar-refractivity contribution in [3.8, 4) is 5.75 Å². The van der Waals surface area contributed by atoms with Gasteiger partial charge in [0.1, 0.15) is 5.75 Å². The van der Waals surface area contributed by atoms with Crippen molar-refractivity contribution in [2.75, 3.05) is 20.1 Å². The molecule has 0 atom stereocenters. The van der Waals surface area contributed by atoms with Crippen LogP contribution in [0.4, 0.5) is 0 Å². The molecule has 0 saturated carbocycles. The Morgan fingerprint density at radius 3 is 3.00 bits per heavy atom. The molecule has 1 aromatic heterocycles. The number of nitrogens with zero attached hydrogens (tertiary/aromatic N) is 1. The first-order valence-corrected chi connectivity index (χ1v) is 4.31. The summed E-state index contributed by atoms with van der Waals surface area (Å²) in [5, 5.41) is 14.8. The number of nitrogens with one attached hydrogen (secondary N) is 2. The lowest BCUT2D eigenvalue weighted by molar-refractivity contribution is 0.0951. The van der Waals surface area contributed by atoms with E-state index in [2.05, 4.69) is 15.6 Å². The molecule has 0 aromatic carbocycles. The first-order valence-electron chi connectivity index (χ1n) is 4.31. The predicted molar refractivity (Wildman–Crippen MR) is 52.2 cm³/mol. The largest absolute Gasteiger partial charge is 0.505 e. The van der Waals surface area contributed by atoms with Crippen LogP contribution in [-0.4, -0.2) is 36.1 Å². The van der Waals surface area contributed by atoms with E-state index in [0.717, 1.165) is 0 Å². The van der Waals surface area contributed by atoms with Crippen LogP contribution in [0.2, 0.25) is 0 Å². The molecule has 0 bridgehead atoms. The minimum Gasteiger partial charge on any atom is -0.505 e. The Kier molecular flexibility index (Phi) is 3.87. The molecule has 0 aliphatic rings. The number of hydrogen-bond acceptors (Lipinski definition) is 4. The normalized spacial score (nSPS) is 9.79. The highest BCUT2D eigenvalue weighted by Crippen LogP contribution is 2.12. The van der Waals surface area contributed by atoms with Crippen LogP contribution in [0.5, 0.6) is 5.75 Å². The minimum atomic E-state index is -0.292. The number of rotatable bonds is 4. The molecule has 1 aromatic rings. The van der Waals surface area contributed by atoms with Crippen molar-refractivity contribution in [1.29, 1.82) is 0 Å². The zero-order chi connectivity index (χ0) is 10.4. The number of aromatic hydroxyl groups is 1. The fourth-order valence-electron chi connectivity index (χ4n) is 0.974. The third-order valence-corrected chi connectivity index (χ3v) is 1.71. The van der Waals surface area contributed by atoms with Crippen molar-refractivity contribution in [1.82, 2.24) is 15.6 Å². The summed E-state index contributed by atoms with van der Waals surface area (Å²) in [7, 11) is 1.80. The maximum Gasteiger partial charge on any atom is 0.255 e. The van der Waals surface area contributed by atoms with Crippen LogP contribution in [-0.2, 0) is 0 Å². The monoisotopic (exact) mass is 195 g/mol. The average molecular weight is 195 g/mol. The highest BCUT2D eigenvalue weighted by molar-refractivity contribution is 5.96. The first-order chi connectivity index (χ1) is 6.75. The third-order valence-electron chi connectivity index (χ3n) is 1.71. The molecule has 0 aliphatic heterocycles. The van der Waals surface area contributed by atoms with E-state index in [1.54, 1.807) is 7.05 Å². The molecule has 0 spiro atoms. The van der Waals surface area contributed by atoms with Crippen molar-refractivity contribution in [3.63, 3.8) is 0 Å². The summed E-state index contributed by atoms with van der Waals surface area (Å²) in [6, 6.07) is 1.48. The second kappa shape index (κ2) is 5.18. The fourth-order valence-corrected chi connectivity index (χ4v) is 0.974. The molecular weight excluding hydrogens is 182 g/mol. The van der Waals surface area contributed by atoms with Gasteiger partial charge in [0.15, 0.2) is 0 Å². The topological polar surface area (TPSA) is 74.2 Å². The van der Waals surface area contributed by atoms with Gasteiger partial charge in [0, 0.05) is 19.3 Å². The predicted octanol–water partition coefficient (Wildman–Crippen LogP) is -0.264. The second-order valence-electron chi connectivity index (χ2n) is 2.75. The fraction of sp³-hybridized carbons (Fsp3) is 0.333. The number of pyridine rings is 1. The lowest BCUT2D eigenvalue weighted by atomic mass is 10.2. The van der Waals surface area contributed by atoms with E-state index < -0.39 is 0 Å². The van der Waals surface area contributed by atoms with Gasteiger partial charge in [-0.25, -0.2) is 0 Å². The molecule has 1 rings (SSSR count). The van der Waals surface area contributed by atoms with Gasteiger partial charge in [-0.1, -0.05) is 0 Å². The van der Waals surface area contributed by atoms with Gasteiger partial charge < -0.3 is 15.7 Å². The van der Waals surface area contributed by atoms with Crippen LogP contribution in [0, 0.1) is 0 Å². The molecule has 0 aliphatic carbocycles. The summed E-state index contributed by atoms with van der Waals surface area (Å²) in [5.74, 6) is -0.394. The molecule has 14 heavy (non-hydrogen) atoms. The van der Waals surface area contributed by atoms with Crippen LogP contribution >= 0.6 is 0 Å². The zero-order valence-electron chi connectivity index (χ0n) is 7.95. The number of likely N-dealkylation sites (N-methyl/N-ethyl adjacent to an activating group) is 1. The van der Waals surface area contributed by atoms with E-state index in [0.29, 0.717) is 13.1 Å². The van der Waals surface area contributed by atoms with Crippen molar-refractivity contribution in [2.45, 2.75) is 0 Å². The lowest BCUT2D eigenvalue weighted by Crippen LogP contribution is -2.30. The molecule has 1 amide bonds. The van der Waals surface area contributed by atoms with Crippen LogP contribution in [0.1, 0.15) is 10.4 Å². The van der Waals surface area contributed by atoms with Crippen molar-refractivity contribution >= 4 is 5.91 Å². The Bertz CT molecular complexity index is 315. The maximum atomic E-state index is 11.4. The highest BCUT2D eigenvalue weighted by Gasteiger charge is 2.08.